The second-order valence-electron chi connectivity index (χ2n) is 5.03. The number of hydrogen-bond donors (Lipinski definition) is 2. The lowest BCUT2D eigenvalue weighted by molar-refractivity contribution is 0.0699. The number of rotatable bonds is 4. The third kappa shape index (κ3) is 2.37. The molecule has 3 aromatic rings. The molecule has 0 aliphatic heterocycles. The third-order valence-corrected chi connectivity index (χ3v) is 3.57. The summed E-state index contributed by atoms with van der Waals surface area (Å²) in [5.41, 5.74) is 1.84. The van der Waals surface area contributed by atoms with E-state index in [4.69, 9.17) is 4.74 Å². The normalized spacial score (nSPS) is 10.8. The summed E-state index contributed by atoms with van der Waals surface area (Å²) in [5.74, 6) is -0.547. The number of nitrogens with zero attached hydrogens (tertiary/aromatic N) is 1. The number of aryl methyl sites for hydroxylation is 1. The van der Waals surface area contributed by atoms with Crippen molar-refractivity contribution in [3.63, 3.8) is 0 Å². The summed E-state index contributed by atoms with van der Waals surface area (Å²) in [6, 6.07) is 11.8. The molecule has 0 amide bonds. The summed E-state index contributed by atoms with van der Waals surface area (Å²) in [6.07, 6.45) is 1.84. The van der Waals surface area contributed by atoms with Crippen molar-refractivity contribution in [1.82, 2.24) is 4.57 Å². The van der Waals surface area contributed by atoms with Crippen molar-refractivity contribution in [2.45, 2.75) is 6.61 Å². The van der Waals surface area contributed by atoms with E-state index in [1.807, 2.05) is 23.9 Å². The van der Waals surface area contributed by atoms with Crippen LogP contribution < -0.4 is 4.74 Å². The van der Waals surface area contributed by atoms with Crippen molar-refractivity contribution in [3.8, 4) is 11.5 Å². The summed E-state index contributed by atoms with van der Waals surface area (Å²) in [6.45, 7) is 0.180. The van der Waals surface area contributed by atoms with Gasteiger partial charge < -0.3 is 19.5 Å². The first-order chi connectivity index (χ1) is 10.6. The van der Waals surface area contributed by atoms with Gasteiger partial charge >= 0.3 is 5.97 Å². The van der Waals surface area contributed by atoms with Crippen LogP contribution in [-0.2, 0) is 13.7 Å². The van der Waals surface area contributed by atoms with Crippen LogP contribution in [0.15, 0.2) is 48.7 Å². The molecule has 0 atom stereocenters. The van der Waals surface area contributed by atoms with Crippen LogP contribution in [0.5, 0.6) is 11.5 Å². The molecule has 1 heterocycles. The SMILES string of the molecule is Cn1cc(COc2ccccc2O)c2c(C(=O)O)cccc21. The first kappa shape index (κ1) is 14.0. The third-order valence-electron chi connectivity index (χ3n) is 3.57. The van der Waals surface area contributed by atoms with Gasteiger partial charge in [0.25, 0.3) is 0 Å². The number of aromatic carboxylic acids is 1. The molecule has 5 heteroatoms. The highest BCUT2D eigenvalue weighted by Crippen LogP contribution is 2.29. The van der Waals surface area contributed by atoms with Gasteiger partial charge in [0.15, 0.2) is 11.5 Å². The lowest BCUT2D eigenvalue weighted by Gasteiger charge is -2.07. The van der Waals surface area contributed by atoms with Crippen LogP contribution >= 0.6 is 0 Å². The van der Waals surface area contributed by atoms with E-state index < -0.39 is 5.97 Å². The van der Waals surface area contributed by atoms with Gasteiger partial charge in [0.2, 0.25) is 0 Å². The minimum atomic E-state index is -0.972. The van der Waals surface area contributed by atoms with Crippen LogP contribution in [-0.4, -0.2) is 20.7 Å². The van der Waals surface area contributed by atoms with E-state index in [0.29, 0.717) is 11.1 Å². The smallest absolute Gasteiger partial charge is 0.336 e. The van der Waals surface area contributed by atoms with E-state index in [0.717, 1.165) is 11.1 Å². The van der Waals surface area contributed by atoms with E-state index >= 15 is 0 Å². The van der Waals surface area contributed by atoms with Gasteiger partial charge in [0.1, 0.15) is 6.61 Å². The molecule has 0 aliphatic rings. The Kier molecular flexibility index (Phi) is 3.47. The largest absolute Gasteiger partial charge is 0.504 e. The Hall–Kier alpha value is -2.95. The first-order valence-electron chi connectivity index (χ1n) is 6.79. The molecule has 0 fully saturated rings. The van der Waals surface area contributed by atoms with Gasteiger partial charge in [-0.3, -0.25) is 0 Å². The minimum Gasteiger partial charge on any atom is -0.504 e. The Labute approximate surface area is 127 Å². The molecule has 0 saturated carbocycles. The monoisotopic (exact) mass is 297 g/mol. The Bertz CT molecular complexity index is 851. The number of aromatic nitrogens is 1. The van der Waals surface area contributed by atoms with Gasteiger partial charge in [0.05, 0.1) is 5.56 Å². The Morgan fingerprint density at radius 1 is 1.18 bits per heavy atom. The van der Waals surface area contributed by atoms with Crippen molar-refractivity contribution in [1.29, 1.82) is 0 Å². The van der Waals surface area contributed by atoms with E-state index in [1.165, 1.54) is 0 Å². The molecule has 0 radical (unpaired) electrons. The van der Waals surface area contributed by atoms with E-state index in [-0.39, 0.29) is 17.9 Å². The Morgan fingerprint density at radius 3 is 2.68 bits per heavy atom. The number of phenolic OH excluding ortho intramolecular Hbond substituents is 1. The highest BCUT2D eigenvalue weighted by atomic mass is 16.5. The van der Waals surface area contributed by atoms with E-state index in [2.05, 4.69) is 0 Å². The zero-order valence-electron chi connectivity index (χ0n) is 12.0. The minimum absolute atomic E-state index is 0.0567. The van der Waals surface area contributed by atoms with Gasteiger partial charge in [-0.1, -0.05) is 18.2 Å². The van der Waals surface area contributed by atoms with Crippen molar-refractivity contribution >= 4 is 16.9 Å². The molecule has 3 rings (SSSR count). The topological polar surface area (TPSA) is 71.7 Å². The van der Waals surface area contributed by atoms with E-state index in [1.54, 1.807) is 36.4 Å². The molecule has 2 aromatic carbocycles. The van der Waals surface area contributed by atoms with Crippen molar-refractivity contribution in [2.24, 2.45) is 7.05 Å². The van der Waals surface area contributed by atoms with Gasteiger partial charge in [-0.2, -0.15) is 0 Å². The average molecular weight is 297 g/mol. The summed E-state index contributed by atoms with van der Waals surface area (Å²) in [7, 11) is 1.86. The van der Waals surface area contributed by atoms with Gasteiger partial charge in [-0.15, -0.1) is 0 Å². The predicted molar refractivity (Wildman–Crippen MR) is 82.3 cm³/mol. The molecule has 0 unspecified atom stereocenters. The van der Waals surface area contributed by atoms with Crippen molar-refractivity contribution < 1.29 is 19.7 Å². The molecule has 0 aliphatic carbocycles. The summed E-state index contributed by atoms with van der Waals surface area (Å²) in [4.78, 5) is 11.4. The molecule has 0 spiro atoms. The molecular weight excluding hydrogens is 282 g/mol. The average Bonchev–Trinajstić information content (AvgIpc) is 2.83. The van der Waals surface area contributed by atoms with Crippen LogP contribution in [0.4, 0.5) is 0 Å². The highest BCUT2D eigenvalue weighted by Gasteiger charge is 2.15. The first-order valence-corrected chi connectivity index (χ1v) is 6.79. The molecule has 22 heavy (non-hydrogen) atoms. The molecule has 0 bridgehead atoms. The second-order valence-corrected chi connectivity index (χ2v) is 5.03. The highest BCUT2D eigenvalue weighted by molar-refractivity contribution is 6.04. The fourth-order valence-corrected chi connectivity index (χ4v) is 2.56. The van der Waals surface area contributed by atoms with Crippen LogP contribution in [0.1, 0.15) is 15.9 Å². The quantitative estimate of drug-likeness (QED) is 0.776. The number of ether oxygens (including phenoxy) is 1. The Morgan fingerprint density at radius 2 is 1.95 bits per heavy atom. The lowest BCUT2D eigenvalue weighted by atomic mass is 10.1. The summed E-state index contributed by atoms with van der Waals surface area (Å²) < 4.78 is 7.49. The fraction of sp³-hybridized carbons (Fsp3) is 0.118. The van der Waals surface area contributed by atoms with Crippen molar-refractivity contribution in [2.75, 3.05) is 0 Å². The summed E-state index contributed by atoms with van der Waals surface area (Å²) in [5, 5.41) is 19.7. The van der Waals surface area contributed by atoms with Gasteiger partial charge in [0, 0.05) is 29.7 Å². The molecule has 1 aromatic heterocycles. The molecule has 0 saturated heterocycles. The summed E-state index contributed by atoms with van der Waals surface area (Å²) >= 11 is 0. The molecular formula is C17H15NO4. The number of hydrogen-bond acceptors (Lipinski definition) is 3. The van der Waals surface area contributed by atoms with Crippen LogP contribution in [0.2, 0.25) is 0 Å². The maximum absolute atomic E-state index is 11.4. The van der Waals surface area contributed by atoms with Gasteiger partial charge in [-0.25, -0.2) is 4.79 Å². The number of carboxylic acids is 1. The lowest BCUT2D eigenvalue weighted by Crippen LogP contribution is -2.00. The number of fused-ring (bicyclic) bond motifs is 1. The maximum Gasteiger partial charge on any atom is 0.336 e. The van der Waals surface area contributed by atoms with Gasteiger partial charge in [-0.05, 0) is 24.3 Å². The van der Waals surface area contributed by atoms with Crippen LogP contribution in [0.3, 0.4) is 0 Å². The second kappa shape index (κ2) is 5.44. The number of phenols is 1. The number of carbonyl (C=O) groups is 1. The van der Waals surface area contributed by atoms with E-state index in [9.17, 15) is 15.0 Å². The standard InChI is InChI=1S/C17H15NO4/c1-18-9-11(10-22-15-8-3-2-7-14(15)19)16-12(17(20)21)5-4-6-13(16)18/h2-9,19H,10H2,1H3,(H,20,21). The fourth-order valence-electron chi connectivity index (χ4n) is 2.56. The molecule has 112 valence electrons. The van der Waals surface area contributed by atoms with Crippen molar-refractivity contribution in [3.05, 3.63) is 59.8 Å². The predicted octanol–water partition coefficient (Wildman–Crippen LogP) is 3.16. The number of benzene rings is 2. The number of aromatic hydroxyl groups is 1. The Balaban J connectivity index is 2.01. The number of carboxylic acid groups (broad SMARTS) is 1. The molecule has 5 nitrogen and oxygen atoms in total. The van der Waals surface area contributed by atoms with Crippen LogP contribution in [0.25, 0.3) is 10.9 Å². The molecule has 2 N–H and O–H groups in total. The van der Waals surface area contributed by atoms with Crippen LogP contribution in [0, 0.1) is 0 Å². The zero-order valence-corrected chi connectivity index (χ0v) is 12.0. The zero-order chi connectivity index (χ0) is 15.7. The number of para-hydroxylation sites is 2. The maximum atomic E-state index is 11.4.